The van der Waals surface area contributed by atoms with Crippen LogP contribution in [0.4, 0.5) is 24.8 Å². The molecule has 200 valence electrons. The molecule has 2 fully saturated rings. The number of carbonyl (C=O) groups is 1. The van der Waals surface area contributed by atoms with Crippen LogP contribution in [0.5, 0.6) is 0 Å². The van der Waals surface area contributed by atoms with Gasteiger partial charge in [0.1, 0.15) is 12.2 Å². The zero-order valence-electron chi connectivity index (χ0n) is 20.2. The van der Waals surface area contributed by atoms with E-state index in [0.29, 0.717) is 37.5 Å². The van der Waals surface area contributed by atoms with E-state index in [1.165, 1.54) is 0 Å². The largest absolute Gasteiger partial charge is 0.477 e. The molecule has 1 aliphatic heterocycles. The van der Waals surface area contributed by atoms with Crippen molar-refractivity contribution in [2.75, 3.05) is 36.9 Å². The van der Waals surface area contributed by atoms with Crippen LogP contribution >= 0.6 is 0 Å². The Bertz CT molecular complexity index is 1520. The zero-order chi connectivity index (χ0) is 27.1. The van der Waals surface area contributed by atoms with Gasteiger partial charge in [-0.25, -0.2) is 27.9 Å². The van der Waals surface area contributed by atoms with Gasteiger partial charge in [0, 0.05) is 37.3 Å². The summed E-state index contributed by atoms with van der Waals surface area (Å²) in [6, 6.07) is 1.76. The second-order valence-electron chi connectivity index (χ2n) is 9.13. The van der Waals surface area contributed by atoms with Crippen molar-refractivity contribution in [3.05, 3.63) is 51.6 Å². The smallest absolute Gasteiger partial charge is 0.341 e. The van der Waals surface area contributed by atoms with E-state index in [0.717, 1.165) is 29.7 Å². The Labute approximate surface area is 213 Å². The third-order valence-electron chi connectivity index (χ3n) is 6.42. The summed E-state index contributed by atoms with van der Waals surface area (Å²) < 4.78 is 44.8. The van der Waals surface area contributed by atoms with Crippen LogP contribution in [0.3, 0.4) is 0 Å². The molecule has 4 N–H and O–H groups in total. The maximum absolute atomic E-state index is 15.4. The summed E-state index contributed by atoms with van der Waals surface area (Å²) >= 11 is 0. The quantitative estimate of drug-likeness (QED) is 0.372. The summed E-state index contributed by atoms with van der Waals surface area (Å²) in [7, 11) is 0. The Morgan fingerprint density at radius 1 is 1.21 bits per heavy atom. The molecule has 4 heterocycles. The fourth-order valence-electron chi connectivity index (χ4n) is 4.34. The monoisotopic (exact) mass is 531 g/mol. The molecule has 11 nitrogen and oxygen atoms in total. The molecular weight excluding hydrogens is 507 g/mol. The number of fused-ring (bicyclic) bond motifs is 1. The van der Waals surface area contributed by atoms with E-state index in [2.05, 4.69) is 20.4 Å². The summed E-state index contributed by atoms with van der Waals surface area (Å²) in [5.74, 6) is -6.37. The number of hydrogen-bond acceptors (Lipinski definition) is 9. The summed E-state index contributed by atoms with van der Waals surface area (Å²) in [6.45, 7) is 3.25. The molecule has 0 bridgehead atoms. The van der Waals surface area contributed by atoms with Crippen molar-refractivity contribution >= 4 is 34.4 Å². The van der Waals surface area contributed by atoms with E-state index in [9.17, 15) is 23.5 Å². The van der Waals surface area contributed by atoms with Crippen molar-refractivity contribution in [2.24, 2.45) is 11.1 Å². The van der Waals surface area contributed by atoms with Crippen LogP contribution in [-0.2, 0) is 4.84 Å². The SMILES string of the molecule is CCO/N=C1/CN(c2nc3c(cc2F)c(=O)c(C(=O)O)cn3-c2nc(N)c(F)cc2F)CC1CNC1CC1. The highest BCUT2D eigenvalue weighted by atomic mass is 19.1. The third kappa shape index (κ3) is 4.74. The Balaban J connectivity index is 1.64. The molecule has 14 heteroatoms. The average Bonchev–Trinajstić information content (AvgIpc) is 3.62. The molecule has 2 aliphatic rings. The maximum Gasteiger partial charge on any atom is 0.341 e. The molecule has 1 unspecified atom stereocenters. The van der Waals surface area contributed by atoms with Crippen LogP contribution in [0.15, 0.2) is 28.3 Å². The van der Waals surface area contributed by atoms with Crippen molar-refractivity contribution in [2.45, 2.75) is 25.8 Å². The number of halogens is 3. The molecule has 1 aliphatic carbocycles. The van der Waals surface area contributed by atoms with Crippen molar-refractivity contribution < 1.29 is 27.9 Å². The van der Waals surface area contributed by atoms with Crippen LogP contribution in [0.2, 0.25) is 0 Å². The molecule has 1 saturated heterocycles. The number of nitrogens with zero attached hydrogens (tertiary/aromatic N) is 5. The molecular formula is C24H24F3N7O4. The number of pyridine rings is 3. The van der Waals surface area contributed by atoms with Crippen LogP contribution in [0, 0.1) is 23.4 Å². The predicted molar refractivity (Wildman–Crippen MR) is 132 cm³/mol. The lowest BCUT2D eigenvalue weighted by molar-refractivity contribution is 0.0695. The first-order chi connectivity index (χ1) is 18.2. The van der Waals surface area contributed by atoms with Crippen LogP contribution in [0.1, 0.15) is 30.1 Å². The van der Waals surface area contributed by atoms with E-state index in [4.69, 9.17) is 10.6 Å². The average molecular weight is 531 g/mol. The van der Waals surface area contributed by atoms with Gasteiger partial charge in [-0.2, -0.15) is 0 Å². The molecule has 0 amide bonds. The van der Waals surface area contributed by atoms with E-state index in [1.54, 1.807) is 11.8 Å². The highest BCUT2D eigenvalue weighted by Gasteiger charge is 2.34. The van der Waals surface area contributed by atoms with E-state index >= 15 is 4.39 Å². The van der Waals surface area contributed by atoms with Crippen molar-refractivity contribution in [1.29, 1.82) is 0 Å². The lowest BCUT2D eigenvalue weighted by Crippen LogP contribution is -2.30. The van der Waals surface area contributed by atoms with Gasteiger partial charge in [0.2, 0.25) is 5.43 Å². The topological polar surface area (TPSA) is 148 Å². The van der Waals surface area contributed by atoms with E-state index < -0.39 is 51.4 Å². The van der Waals surface area contributed by atoms with Crippen molar-refractivity contribution in [3.8, 4) is 5.82 Å². The van der Waals surface area contributed by atoms with Gasteiger partial charge < -0.3 is 25.9 Å². The Morgan fingerprint density at radius 2 is 1.95 bits per heavy atom. The number of carboxylic acid groups (broad SMARTS) is 1. The minimum atomic E-state index is -1.63. The lowest BCUT2D eigenvalue weighted by Gasteiger charge is -2.19. The highest BCUT2D eigenvalue weighted by Crippen LogP contribution is 2.29. The summed E-state index contributed by atoms with van der Waals surface area (Å²) in [5.41, 5.74) is 4.10. The Hall–Kier alpha value is -4.20. The van der Waals surface area contributed by atoms with E-state index in [-0.39, 0.29) is 23.9 Å². The number of aromatic nitrogens is 3. The lowest BCUT2D eigenvalue weighted by atomic mass is 10.1. The van der Waals surface area contributed by atoms with Crippen LogP contribution in [0.25, 0.3) is 16.9 Å². The number of aromatic carboxylic acids is 1. The maximum atomic E-state index is 15.4. The van der Waals surface area contributed by atoms with Crippen LogP contribution < -0.4 is 21.4 Å². The highest BCUT2D eigenvalue weighted by molar-refractivity contribution is 5.95. The first kappa shape index (κ1) is 25.4. The fourth-order valence-corrected chi connectivity index (χ4v) is 4.34. The molecule has 1 saturated carbocycles. The number of oxime groups is 1. The zero-order valence-corrected chi connectivity index (χ0v) is 20.2. The number of nitrogens with two attached hydrogens (primary N) is 1. The van der Waals surface area contributed by atoms with Gasteiger partial charge in [-0.1, -0.05) is 5.16 Å². The standard InChI is InChI=1S/C24H24F3N7O4/c1-2-38-32-18-10-33(8-11(18)7-29-12-3-4-12)22-16(26)5-13-19(35)14(24(36)37)9-34(21(13)31-22)23-17(27)6-15(25)20(28)30-23/h5-6,9,11-12,29H,2-4,7-8,10H2,1H3,(H2,28,30)(H,36,37)/b32-18-. The number of anilines is 2. The third-order valence-corrected chi connectivity index (χ3v) is 6.42. The van der Waals surface area contributed by atoms with Gasteiger partial charge in [-0.15, -0.1) is 0 Å². The van der Waals surface area contributed by atoms with Gasteiger partial charge >= 0.3 is 5.97 Å². The fraction of sp³-hybridized carbons (Fsp3) is 0.375. The molecule has 1 atom stereocenters. The second kappa shape index (κ2) is 9.93. The number of rotatable bonds is 8. The summed E-state index contributed by atoms with van der Waals surface area (Å²) in [6.07, 6.45) is 2.98. The van der Waals surface area contributed by atoms with Gasteiger partial charge in [-0.3, -0.25) is 9.36 Å². The molecule has 0 spiro atoms. The number of carboxylic acids is 1. The summed E-state index contributed by atoms with van der Waals surface area (Å²) in [4.78, 5) is 39.4. The first-order valence-electron chi connectivity index (χ1n) is 12.0. The normalized spacial score (nSPS) is 18.5. The van der Waals surface area contributed by atoms with Crippen molar-refractivity contribution in [1.82, 2.24) is 19.9 Å². The van der Waals surface area contributed by atoms with Gasteiger partial charge in [0.15, 0.2) is 40.6 Å². The minimum absolute atomic E-state index is 0.105. The van der Waals surface area contributed by atoms with Crippen LogP contribution in [-0.4, -0.2) is 63.6 Å². The van der Waals surface area contributed by atoms with Gasteiger partial charge in [-0.05, 0) is 25.8 Å². The number of hydrogen-bond donors (Lipinski definition) is 3. The molecule has 5 rings (SSSR count). The van der Waals surface area contributed by atoms with Crippen molar-refractivity contribution in [3.63, 3.8) is 0 Å². The predicted octanol–water partition coefficient (Wildman–Crippen LogP) is 2.06. The Morgan fingerprint density at radius 3 is 2.63 bits per heavy atom. The van der Waals surface area contributed by atoms with Gasteiger partial charge in [0.05, 0.1) is 17.6 Å². The Kier molecular flexibility index (Phi) is 6.65. The minimum Gasteiger partial charge on any atom is -0.477 e. The second-order valence-corrected chi connectivity index (χ2v) is 9.13. The molecule has 3 aromatic heterocycles. The van der Waals surface area contributed by atoms with Gasteiger partial charge in [0.25, 0.3) is 0 Å². The summed E-state index contributed by atoms with van der Waals surface area (Å²) in [5, 5.41) is 16.7. The number of nitrogens with one attached hydrogen (secondary N) is 1. The molecule has 0 radical (unpaired) electrons. The molecule has 0 aromatic carbocycles. The number of nitrogen functional groups attached to an aromatic ring is 1. The molecule has 3 aromatic rings. The molecule has 38 heavy (non-hydrogen) atoms. The first-order valence-corrected chi connectivity index (χ1v) is 12.0. The van der Waals surface area contributed by atoms with E-state index in [1.807, 2.05) is 0 Å².